The molecular weight excluding hydrogens is 380 g/mol. The smallest absolute Gasteiger partial charge is 0.252 e. The van der Waals surface area contributed by atoms with Gasteiger partial charge in [-0.05, 0) is 36.5 Å². The largest absolute Gasteiger partial charge is 0.383 e. The zero-order chi connectivity index (χ0) is 21.3. The molecule has 1 aliphatic heterocycles. The average Bonchev–Trinajstić information content (AvgIpc) is 2.77. The molecule has 3 rings (SSSR count). The van der Waals surface area contributed by atoms with E-state index in [9.17, 15) is 4.79 Å². The number of anilines is 3. The fourth-order valence-corrected chi connectivity index (χ4v) is 3.46. The minimum Gasteiger partial charge on any atom is -0.383 e. The highest BCUT2D eigenvalue weighted by atomic mass is 16.5. The number of ether oxygens (including phenoxy) is 1. The van der Waals surface area contributed by atoms with Crippen molar-refractivity contribution in [1.82, 2.24) is 4.98 Å². The molecule has 1 atom stereocenters. The van der Waals surface area contributed by atoms with Crippen LogP contribution < -0.4 is 16.4 Å². The maximum Gasteiger partial charge on any atom is 0.252 e. The maximum atomic E-state index is 11.8. The third-order valence-corrected chi connectivity index (χ3v) is 5.13. The highest BCUT2D eigenvalue weighted by Crippen LogP contribution is 2.28. The molecule has 158 valence electrons. The number of carbonyl (C=O) groups is 1. The van der Waals surface area contributed by atoms with Crippen molar-refractivity contribution in [2.24, 2.45) is 16.6 Å². The Morgan fingerprint density at radius 2 is 2.10 bits per heavy atom. The van der Waals surface area contributed by atoms with Gasteiger partial charge in [0.1, 0.15) is 5.82 Å². The molecule has 0 radical (unpaired) electrons. The summed E-state index contributed by atoms with van der Waals surface area (Å²) in [7, 11) is 1.66. The van der Waals surface area contributed by atoms with Gasteiger partial charge in [-0.2, -0.15) is 0 Å². The van der Waals surface area contributed by atoms with Gasteiger partial charge in [0.25, 0.3) is 5.91 Å². The van der Waals surface area contributed by atoms with Crippen molar-refractivity contribution in [3.63, 3.8) is 0 Å². The Kier molecular flexibility index (Phi) is 7.51. The second-order valence-corrected chi connectivity index (χ2v) is 7.23. The van der Waals surface area contributed by atoms with Crippen LogP contribution in [0.4, 0.5) is 17.2 Å². The number of hydrogen-bond donors (Lipinski definition) is 4. The Hall–Kier alpha value is -3.26. The third-order valence-electron chi connectivity index (χ3n) is 5.13. The Labute approximate surface area is 176 Å². The molecular formula is C22H28N6O2. The van der Waals surface area contributed by atoms with Gasteiger partial charge >= 0.3 is 0 Å². The van der Waals surface area contributed by atoms with Crippen molar-refractivity contribution in [2.75, 3.05) is 37.4 Å². The van der Waals surface area contributed by atoms with Crippen LogP contribution in [-0.4, -0.2) is 50.1 Å². The van der Waals surface area contributed by atoms with Crippen molar-refractivity contribution in [3.8, 4) is 0 Å². The fraction of sp³-hybridized carbons (Fsp3) is 0.364. The van der Waals surface area contributed by atoms with Crippen molar-refractivity contribution in [2.45, 2.75) is 18.8 Å². The maximum absolute atomic E-state index is 11.8. The molecule has 8 nitrogen and oxygen atoms in total. The second kappa shape index (κ2) is 10.5. The number of benzene rings is 1. The van der Waals surface area contributed by atoms with E-state index in [2.05, 4.69) is 32.7 Å². The van der Waals surface area contributed by atoms with E-state index in [1.165, 1.54) is 18.0 Å². The Bertz CT molecular complexity index is 891. The van der Waals surface area contributed by atoms with Crippen molar-refractivity contribution in [3.05, 3.63) is 47.7 Å². The van der Waals surface area contributed by atoms with Crippen LogP contribution in [0, 0.1) is 11.3 Å². The van der Waals surface area contributed by atoms with Crippen LogP contribution in [0.5, 0.6) is 0 Å². The van der Waals surface area contributed by atoms with Gasteiger partial charge in [0.15, 0.2) is 0 Å². The lowest BCUT2D eigenvalue weighted by Gasteiger charge is -2.22. The van der Waals surface area contributed by atoms with E-state index in [1.54, 1.807) is 19.3 Å². The van der Waals surface area contributed by atoms with Gasteiger partial charge in [0.2, 0.25) is 0 Å². The summed E-state index contributed by atoms with van der Waals surface area (Å²) in [5, 5.41) is 13.9. The van der Waals surface area contributed by atoms with Gasteiger partial charge in [-0.3, -0.25) is 4.79 Å². The van der Waals surface area contributed by atoms with Crippen LogP contribution in [-0.2, 0) is 4.74 Å². The number of hydrogen-bond acceptors (Lipinski definition) is 7. The molecule has 1 saturated heterocycles. The topological polar surface area (TPSA) is 125 Å². The molecule has 8 heteroatoms. The number of primary amides is 1. The van der Waals surface area contributed by atoms with Crippen LogP contribution in [0.1, 0.15) is 34.7 Å². The zero-order valence-electron chi connectivity index (χ0n) is 17.1. The molecule has 1 aromatic carbocycles. The molecule has 5 N–H and O–H groups in total. The van der Waals surface area contributed by atoms with Gasteiger partial charge in [-0.25, -0.2) is 4.98 Å². The minimum absolute atomic E-state index is 0.182. The number of pyridine rings is 1. The monoisotopic (exact) mass is 408 g/mol. The lowest BCUT2D eigenvalue weighted by Crippen LogP contribution is -2.20. The SMILES string of the molecule is CN=CC(C=N)CNc1cc(Nc2ccc(C3CCOCC3)cc2)ncc1C(N)=O. The molecule has 1 unspecified atom stereocenters. The van der Waals surface area contributed by atoms with E-state index >= 15 is 0 Å². The van der Waals surface area contributed by atoms with Crippen LogP contribution in [0.2, 0.25) is 0 Å². The van der Waals surface area contributed by atoms with Gasteiger partial charge in [-0.15, -0.1) is 0 Å². The van der Waals surface area contributed by atoms with E-state index in [0.29, 0.717) is 29.5 Å². The van der Waals surface area contributed by atoms with E-state index in [4.69, 9.17) is 15.9 Å². The van der Waals surface area contributed by atoms with Gasteiger partial charge in [0.05, 0.1) is 11.3 Å². The first kappa shape index (κ1) is 21.4. The lowest BCUT2D eigenvalue weighted by molar-refractivity contribution is 0.0853. The van der Waals surface area contributed by atoms with Crippen molar-refractivity contribution >= 4 is 35.5 Å². The summed E-state index contributed by atoms with van der Waals surface area (Å²) in [6.45, 7) is 2.06. The first-order valence-electron chi connectivity index (χ1n) is 10.0. The predicted octanol–water partition coefficient (Wildman–Crippen LogP) is 3.20. The molecule has 0 spiro atoms. The molecule has 2 aromatic rings. The Morgan fingerprint density at radius 3 is 2.73 bits per heavy atom. The fourth-order valence-electron chi connectivity index (χ4n) is 3.46. The second-order valence-electron chi connectivity index (χ2n) is 7.23. The lowest BCUT2D eigenvalue weighted by atomic mass is 9.92. The van der Waals surface area contributed by atoms with Crippen LogP contribution in [0.3, 0.4) is 0 Å². The molecule has 30 heavy (non-hydrogen) atoms. The number of aliphatic imine (C=N–C) groups is 1. The van der Waals surface area contributed by atoms with Crippen LogP contribution >= 0.6 is 0 Å². The number of nitrogens with zero attached hydrogens (tertiary/aromatic N) is 2. The quantitative estimate of drug-likeness (QED) is 0.474. The van der Waals surface area contributed by atoms with Gasteiger partial charge in [0, 0.05) is 63.1 Å². The van der Waals surface area contributed by atoms with E-state index in [0.717, 1.165) is 31.7 Å². The number of nitrogens with one attached hydrogen (secondary N) is 3. The number of amides is 1. The highest BCUT2D eigenvalue weighted by Gasteiger charge is 2.16. The molecule has 0 saturated carbocycles. The minimum atomic E-state index is -0.562. The molecule has 2 heterocycles. The standard InChI is InChI=1S/C22H28N6O2/c1-25-12-15(11-23)13-26-20-10-21(27-14-19(20)22(24)29)28-18-4-2-16(3-5-18)17-6-8-30-9-7-17/h2-5,10-12,14-15,17,23H,6-9,13H2,1H3,(H2,24,29)(H2,26,27,28). The van der Waals surface area contributed by atoms with Gasteiger partial charge in [-0.1, -0.05) is 12.1 Å². The summed E-state index contributed by atoms with van der Waals surface area (Å²) in [4.78, 5) is 20.0. The first-order chi connectivity index (χ1) is 14.6. The summed E-state index contributed by atoms with van der Waals surface area (Å²) in [5.74, 6) is 0.396. The predicted molar refractivity (Wildman–Crippen MR) is 120 cm³/mol. The summed E-state index contributed by atoms with van der Waals surface area (Å²) in [6.07, 6.45) is 6.53. The number of aromatic nitrogens is 1. The molecule has 0 aliphatic carbocycles. The first-order valence-corrected chi connectivity index (χ1v) is 10.0. The molecule has 1 fully saturated rings. The van der Waals surface area contributed by atoms with Crippen LogP contribution in [0.15, 0.2) is 41.5 Å². The number of nitrogens with two attached hydrogens (primary N) is 1. The molecule has 1 amide bonds. The van der Waals surface area contributed by atoms with E-state index < -0.39 is 5.91 Å². The molecule has 0 bridgehead atoms. The molecule has 1 aliphatic rings. The Balaban J connectivity index is 1.72. The van der Waals surface area contributed by atoms with E-state index in [1.807, 2.05) is 12.1 Å². The van der Waals surface area contributed by atoms with Crippen molar-refractivity contribution < 1.29 is 9.53 Å². The van der Waals surface area contributed by atoms with Crippen LogP contribution in [0.25, 0.3) is 0 Å². The zero-order valence-corrected chi connectivity index (χ0v) is 17.1. The number of carbonyl (C=O) groups excluding carboxylic acids is 1. The summed E-state index contributed by atoms with van der Waals surface area (Å²) < 4.78 is 5.44. The highest BCUT2D eigenvalue weighted by molar-refractivity contribution is 5.98. The average molecular weight is 409 g/mol. The summed E-state index contributed by atoms with van der Waals surface area (Å²) in [6, 6.07) is 10.1. The summed E-state index contributed by atoms with van der Waals surface area (Å²) >= 11 is 0. The molecule has 1 aromatic heterocycles. The van der Waals surface area contributed by atoms with Gasteiger partial charge < -0.3 is 31.5 Å². The summed E-state index contributed by atoms with van der Waals surface area (Å²) in [5.41, 5.74) is 8.57. The number of rotatable bonds is 9. The third kappa shape index (κ3) is 5.64. The van der Waals surface area contributed by atoms with Crippen molar-refractivity contribution in [1.29, 1.82) is 5.41 Å². The normalized spacial score (nSPS) is 15.6. The van der Waals surface area contributed by atoms with E-state index in [-0.39, 0.29) is 5.92 Å². The Morgan fingerprint density at radius 1 is 1.37 bits per heavy atom.